The van der Waals surface area contributed by atoms with Crippen molar-refractivity contribution in [3.8, 4) is 11.5 Å². The lowest BCUT2D eigenvalue weighted by Crippen LogP contribution is -2.54. The Bertz CT molecular complexity index is 762. The van der Waals surface area contributed by atoms with Crippen LogP contribution in [-0.4, -0.2) is 55.6 Å². The summed E-state index contributed by atoms with van der Waals surface area (Å²) in [6.07, 6.45) is 1.27. The first-order valence-corrected chi connectivity index (χ1v) is 9.64. The number of nitrogens with one attached hydrogen (secondary N) is 1. The molecule has 0 unspecified atom stereocenters. The molecule has 28 heavy (non-hydrogen) atoms. The molecule has 0 saturated carbocycles. The topological polar surface area (TPSA) is 86.3 Å². The molecule has 3 aliphatic rings. The standard InChI is InChI=1S/C20H26N2O6/c1-19(2,18(24)22-7-5-20(6-8-22)27-9-10-28-20)17(23)21-12-14-3-4-15-16(11-14)26-13-25-15/h3-4,11H,5-10,12-13H2,1-2H3,(H,21,23). The minimum atomic E-state index is -1.15. The summed E-state index contributed by atoms with van der Waals surface area (Å²) in [5.74, 6) is 0.347. The molecular weight excluding hydrogens is 364 g/mol. The van der Waals surface area contributed by atoms with E-state index >= 15 is 0 Å². The minimum Gasteiger partial charge on any atom is -0.454 e. The van der Waals surface area contributed by atoms with Crippen LogP contribution in [-0.2, 0) is 25.6 Å². The predicted octanol–water partition coefficient (Wildman–Crippen LogP) is 1.42. The van der Waals surface area contributed by atoms with Crippen molar-refractivity contribution in [2.24, 2.45) is 5.41 Å². The summed E-state index contributed by atoms with van der Waals surface area (Å²) in [5, 5.41) is 2.87. The van der Waals surface area contributed by atoms with Gasteiger partial charge < -0.3 is 29.2 Å². The van der Waals surface area contributed by atoms with Crippen molar-refractivity contribution in [1.82, 2.24) is 10.2 Å². The van der Waals surface area contributed by atoms with Crippen LogP contribution in [0.4, 0.5) is 0 Å². The number of fused-ring (bicyclic) bond motifs is 1. The lowest BCUT2D eigenvalue weighted by molar-refractivity contribution is -0.189. The molecule has 0 aromatic heterocycles. The molecule has 1 aromatic carbocycles. The van der Waals surface area contributed by atoms with Crippen molar-refractivity contribution < 1.29 is 28.5 Å². The summed E-state index contributed by atoms with van der Waals surface area (Å²) in [5.41, 5.74) is -0.269. The molecule has 0 atom stereocenters. The molecule has 0 radical (unpaired) electrons. The van der Waals surface area contributed by atoms with Crippen molar-refractivity contribution in [3.05, 3.63) is 23.8 Å². The summed E-state index contributed by atoms with van der Waals surface area (Å²) in [6, 6.07) is 5.52. The van der Waals surface area contributed by atoms with Crippen LogP contribution < -0.4 is 14.8 Å². The second-order valence-electron chi connectivity index (χ2n) is 7.90. The van der Waals surface area contributed by atoms with Crippen molar-refractivity contribution >= 4 is 11.8 Å². The molecule has 1 spiro atoms. The number of carbonyl (C=O) groups excluding carboxylic acids is 2. The largest absolute Gasteiger partial charge is 0.454 e. The van der Waals surface area contributed by atoms with E-state index in [2.05, 4.69) is 5.32 Å². The molecule has 8 nitrogen and oxygen atoms in total. The van der Waals surface area contributed by atoms with Crippen molar-refractivity contribution in [2.45, 2.75) is 39.0 Å². The van der Waals surface area contributed by atoms with Gasteiger partial charge in [0.2, 0.25) is 18.6 Å². The highest BCUT2D eigenvalue weighted by atomic mass is 16.7. The van der Waals surface area contributed by atoms with E-state index in [1.165, 1.54) is 0 Å². The Morgan fingerprint density at radius 2 is 1.79 bits per heavy atom. The Kier molecular flexibility index (Phi) is 4.93. The maximum absolute atomic E-state index is 13.0. The fourth-order valence-electron chi connectivity index (χ4n) is 3.78. The van der Waals surface area contributed by atoms with Gasteiger partial charge in [0.15, 0.2) is 17.3 Å². The number of hydrogen-bond acceptors (Lipinski definition) is 6. The second-order valence-corrected chi connectivity index (χ2v) is 7.90. The molecule has 3 heterocycles. The highest BCUT2D eigenvalue weighted by Gasteiger charge is 2.45. The molecule has 8 heteroatoms. The molecular formula is C20H26N2O6. The van der Waals surface area contributed by atoms with Gasteiger partial charge in [-0.05, 0) is 31.5 Å². The van der Waals surface area contributed by atoms with Gasteiger partial charge in [-0.2, -0.15) is 0 Å². The first-order chi connectivity index (χ1) is 13.4. The van der Waals surface area contributed by atoms with Crippen LogP contribution in [0.3, 0.4) is 0 Å². The first kappa shape index (κ1) is 19.0. The van der Waals surface area contributed by atoms with Crippen molar-refractivity contribution in [2.75, 3.05) is 33.1 Å². The van der Waals surface area contributed by atoms with Crippen LogP contribution in [0.15, 0.2) is 18.2 Å². The van der Waals surface area contributed by atoms with Crippen molar-refractivity contribution in [1.29, 1.82) is 0 Å². The van der Waals surface area contributed by atoms with E-state index in [9.17, 15) is 9.59 Å². The van der Waals surface area contributed by atoms with Crippen LogP contribution in [0.25, 0.3) is 0 Å². The summed E-state index contributed by atoms with van der Waals surface area (Å²) < 4.78 is 22.0. The molecule has 2 amide bonds. The molecule has 0 aliphatic carbocycles. The number of rotatable bonds is 4. The van der Waals surface area contributed by atoms with E-state index < -0.39 is 11.2 Å². The number of likely N-dealkylation sites (tertiary alicyclic amines) is 1. The van der Waals surface area contributed by atoms with E-state index in [4.69, 9.17) is 18.9 Å². The molecule has 2 saturated heterocycles. The Hall–Kier alpha value is -2.32. The molecule has 2 fully saturated rings. The Balaban J connectivity index is 1.33. The number of hydrogen-bond donors (Lipinski definition) is 1. The zero-order valence-electron chi connectivity index (χ0n) is 16.3. The lowest BCUT2D eigenvalue weighted by atomic mass is 9.88. The Morgan fingerprint density at radius 3 is 2.50 bits per heavy atom. The monoisotopic (exact) mass is 390 g/mol. The third-order valence-corrected chi connectivity index (χ3v) is 5.62. The SMILES string of the molecule is CC(C)(C(=O)NCc1ccc2c(c1)OCO2)C(=O)N1CCC2(CC1)OCCO2. The first-order valence-electron chi connectivity index (χ1n) is 9.64. The summed E-state index contributed by atoms with van der Waals surface area (Å²) in [7, 11) is 0. The molecule has 4 rings (SSSR count). The third kappa shape index (κ3) is 3.54. The van der Waals surface area contributed by atoms with Crippen LogP contribution in [0.2, 0.25) is 0 Å². The predicted molar refractivity (Wildman–Crippen MR) is 98.6 cm³/mol. The average Bonchev–Trinajstić information content (AvgIpc) is 3.35. The van der Waals surface area contributed by atoms with Gasteiger partial charge in [0, 0.05) is 32.5 Å². The smallest absolute Gasteiger partial charge is 0.237 e. The van der Waals surface area contributed by atoms with Gasteiger partial charge in [-0.3, -0.25) is 9.59 Å². The van der Waals surface area contributed by atoms with E-state index in [0.717, 1.165) is 5.56 Å². The molecule has 1 N–H and O–H groups in total. The number of carbonyl (C=O) groups is 2. The number of piperidine rings is 1. The number of nitrogens with zero attached hydrogens (tertiary/aromatic N) is 1. The maximum atomic E-state index is 13.0. The van der Waals surface area contributed by atoms with Crippen LogP contribution in [0.1, 0.15) is 32.3 Å². The molecule has 0 bridgehead atoms. The van der Waals surface area contributed by atoms with Gasteiger partial charge in [0.05, 0.1) is 13.2 Å². The van der Waals surface area contributed by atoms with Gasteiger partial charge in [-0.15, -0.1) is 0 Å². The lowest BCUT2D eigenvalue weighted by Gasteiger charge is -2.40. The van der Waals surface area contributed by atoms with Crippen molar-refractivity contribution in [3.63, 3.8) is 0 Å². The molecule has 1 aromatic rings. The average molecular weight is 390 g/mol. The van der Waals surface area contributed by atoms with E-state index in [0.29, 0.717) is 57.2 Å². The quantitative estimate of drug-likeness (QED) is 0.783. The van der Waals surface area contributed by atoms with Gasteiger partial charge in [-0.25, -0.2) is 0 Å². The minimum absolute atomic E-state index is 0.177. The Labute approximate surface area is 164 Å². The van der Waals surface area contributed by atoms with Gasteiger partial charge in [0.1, 0.15) is 5.41 Å². The second kappa shape index (κ2) is 7.25. The van der Waals surface area contributed by atoms with Crippen LogP contribution in [0, 0.1) is 5.41 Å². The normalized spacial score (nSPS) is 20.4. The maximum Gasteiger partial charge on any atom is 0.237 e. The highest BCUT2D eigenvalue weighted by Crippen LogP contribution is 2.34. The molecule has 3 aliphatic heterocycles. The summed E-state index contributed by atoms with van der Waals surface area (Å²) in [4.78, 5) is 27.5. The van der Waals surface area contributed by atoms with E-state index in [1.54, 1.807) is 18.7 Å². The summed E-state index contributed by atoms with van der Waals surface area (Å²) in [6.45, 7) is 6.10. The Morgan fingerprint density at radius 1 is 1.11 bits per heavy atom. The van der Waals surface area contributed by atoms with Gasteiger partial charge in [-0.1, -0.05) is 6.07 Å². The number of ether oxygens (including phenoxy) is 4. The van der Waals surface area contributed by atoms with E-state index in [1.807, 2.05) is 18.2 Å². The fourth-order valence-corrected chi connectivity index (χ4v) is 3.78. The third-order valence-electron chi connectivity index (χ3n) is 5.62. The number of benzene rings is 1. The zero-order chi connectivity index (χ0) is 19.8. The number of amides is 2. The van der Waals surface area contributed by atoms with Gasteiger partial charge in [0.25, 0.3) is 0 Å². The van der Waals surface area contributed by atoms with Crippen LogP contribution in [0.5, 0.6) is 11.5 Å². The molecule has 152 valence electrons. The van der Waals surface area contributed by atoms with Crippen LogP contribution >= 0.6 is 0 Å². The van der Waals surface area contributed by atoms with E-state index in [-0.39, 0.29) is 18.6 Å². The van der Waals surface area contributed by atoms with Gasteiger partial charge >= 0.3 is 0 Å². The summed E-state index contributed by atoms with van der Waals surface area (Å²) >= 11 is 0. The zero-order valence-corrected chi connectivity index (χ0v) is 16.3. The fraction of sp³-hybridized carbons (Fsp3) is 0.600. The highest BCUT2D eigenvalue weighted by molar-refractivity contribution is 6.04.